The van der Waals surface area contributed by atoms with Gasteiger partial charge in [-0.2, -0.15) is 0 Å². The van der Waals surface area contributed by atoms with E-state index in [1.807, 2.05) is 6.20 Å². The summed E-state index contributed by atoms with van der Waals surface area (Å²) in [5.41, 5.74) is 7.24. The number of hydrogen-bond donors (Lipinski definition) is 3. The largest absolute Gasteiger partial charge is 0.365 e. The highest BCUT2D eigenvalue weighted by Gasteiger charge is 2.26. The third-order valence-electron chi connectivity index (χ3n) is 3.60. The molecule has 0 spiro atoms. The lowest BCUT2D eigenvalue weighted by Gasteiger charge is -2.34. The van der Waals surface area contributed by atoms with Crippen molar-refractivity contribution in [1.82, 2.24) is 10.3 Å². The first kappa shape index (κ1) is 11.7. The second-order valence-corrected chi connectivity index (χ2v) is 5.70. The Kier molecular flexibility index (Phi) is 3.36. The van der Waals surface area contributed by atoms with E-state index in [2.05, 4.69) is 36.3 Å². The summed E-state index contributed by atoms with van der Waals surface area (Å²) in [4.78, 5) is 3.29. The molecule has 4 N–H and O–H groups in total. The van der Waals surface area contributed by atoms with Crippen LogP contribution < -0.4 is 11.1 Å². The molecule has 1 fully saturated rings. The Balaban J connectivity index is 1.73. The van der Waals surface area contributed by atoms with Crippen LogP contribution in [0, 0.1) is 5.92 Å². The average molecular weight is 221 g/mol. The maximum Gasteiger partial charge on any atom is 0.0217 e. The van der Waals surface area contributed by atoms with Crippen molar-refractivity contribution in [2.75, 3.05) is 13.1 Å². The van der Waals surface area contributed by atoms with Crippen LogP contribution in [-0.2, 0) is 5.41 Å². The predicted molar refractivity (Wildman–Crippen MR) is 67.4 cm³/mol. The first-order valence-corrected chi connectivity index (χ1v) is 6.18. The minimum Gasteiger partial charge on any atom is -0.365 e. The fraction of sp³-hybridized carbons (Fsp3) is 0.692. The minimum atomic E-state index is 0.176. The van der Waals surface area contributed by atoms with Crippen molar-refractivity contribution >= 4 is 0 Å². The van der Waals surface area contributed by atoms with Gasteiger partial charge in [-0.05, 0) is 37.4 Å². The molecule has 16 heavy (non-hydrogen) atoms. The molecule has 0 saturated heterocycles. The van der Waals surface area contributed by atoms with Crippen molar-refractivity contribution in [2.45, 2.75) is 38.1 Å². The Labute approximate surface area is 97.8 Å². The average Bonchev–Trinajstić information content (AvgIpc) is 2.68. The Morgan fingerprint density at radius 1 is 1.50 bits per heavy atom. The van der Waals surface area contributed by atoms with E-state index in [0.29, 0.717) is 6.04 Å². The summed E-state index contributed by atoms with van der Waals surface area (Å²) in [5.74, 6) is 0.800. The van der Waals surface area contributed by atoms with Crippen LogP contribution in [0.3, 0.4) is 0 Å². The highest BCUT2D eigenvalue weighted by Crippen LogP contribution is 2.25. The van der Waals surface area contributed by atoms with Gasteiger partial charge >= 0.3 is 0 Å². The van der Waals surface area contributed by atoms with Gasteiger partial charge in [-0.25, -0.2) is 0 Å². The molecule has 0 amide bonds. The van der Waals surface area contributed by atoms with Gasteiger partial charge in [-0.15, -0.1) is 0 Å². The summed E-state index contributed by atoms with van der Waals surface area (Å²) in [6, 6.07) is 4.67. The molecule has 1 aliphatic rings. The summed E-state index contributed by atoms with van der Waals surface area (Å²) < 4.78 is 0. The van der Waals surface area contributed by atoms with Crippen LogP contribution in [0.15, 0.2) is 18.3 Å². The molecule has 2 rings (SSSR count). The zero-order chi connectivity index (χ0) is 11.6. The molecular formula is C13H23N3. The Morgan fingerprint density at radius 2 is 2.25 bits per heavy atom. The van der Waals surface area contributed by atoms with Crippen molar-refractivity contribution in [3.63, 3.8) is 0 Å². The molecule has 1 aliphatic carbocycles. The molecule has 1 heterocycles. The van der Waals surface area contributed by atoms with E-state index >= 15 is 0 Å². The van der Waals surface area contributed by atoms with Crippen LogP contribution in [0.4, 0.5) is 0 Å². The van der Waals surface area contributed by atoms with Gasteiger partial charge in [0.05, 0.1) is 0 Å². The van der Waals surface area contributed by atoms with Gasteiger partial charge in [0.2, 0.25) is 0 Å². The van der Waals surface area contributed by atoms with Gasteiger partial charge in [0.1, 0.15) is 0 Å². The molecule has 0 bridgehead atoms. The number of hydrogen-bond acceptors (Lipinski definition) is 2. The number of rotatable bonds is 5. The molecule has 0 unspecified atom stereocenters. The summed E-state index contributed by atoms with van der Waals surface area (Å²) >= 11 is 0. The molecule has 1 aromatic heterocycles. The lowest BCUT2D eigenvalue weighted by molar-refractivity contribution is 0.250. The van der Waals surface area contributed by atoms with E-state index in [1.54, 1.807) is 0 Å². The van der Waals surface area contributed by atoms with Gasteiger partial charge < -0.3 is 16.0 Å². The van der Waals surface area contributed by atoms with Gasteiger partial charge in [0, 0.05) is 29.9 Å². The SMILES string of the molecule is CC(C)(CNCC1CC(N)C1)c1ccc[nH]1. The maximum atomic E-state index is 5.77. The summed E-state index contributed by atoms with van der Waals surface area (Å²) in [5, 5.41) is 3.56. The first-order valence-electron chi connectivity index (χ1n) is 6.18. The van der Waals surface area contributed by atoms with E-state index < -0.39 is 0 Å². The zero-order valence-electron chi connectivity index (χ0n) is 10.3. The summed E-state index contributed by atoms with van der Waals surface area (Å²) in [6.45, 7) is 6.65. The highest BCUT2D eigenvalue weighted by atomic mass is 14.9. The molecule has 3 nitrogen and oxygen atoms in total. The molecule has 1 aromatic rings. The van der Waals surface area contributed by atoms with Crippen molar-refractivity contribution < 1.29 is 0 Å². The second-order valence-electron chi connectivity index (χ2n) is 5.70. The van der Waals surface area contributed by atoms with Gasteiger partial charge in [0.25, 0.3) is 0 Å². The fourth-order valence-corrected chi connectivity index (χ4v) is 2.39. The summed E-state index contributed by atoms with van der Waals surface area (Å²) in [6.07, 6.45) is 4.37. The topological polar surface area (TPSA) is 53.8 Å². The van der Waals surface area contributed by atoms with Gasteiger partial charge in [-0.1, -0.05) is 13.8 Å². The standard InChI is InChI=1S/C13H23N3/c1-13(2,12-4-3-5-16-12)9-15-8-10-6-11(14)7-10/h3-5,10-11,15-16H,6-9,14H2,1-2H3. The highest BCUT2D eigenvalue weighted by molar-refractivity contribution is 5.15. The quantitative estimate of drug-likeness (QED) is 0.707. The molecule has 3 heteroatoms. The normalized spacial score (nSPS) is 25.4. The Morgan fingerprint density at radius 3 is 2.81 bits per heavy atom. The first-order chi connectivity index (χ1) is 7.58. The third-order valence-corrected chi connectivity index (χ3v) is 3.60. The maximum absolute atomic E-state index is 5.77. The fourth-order valence-electron chi connectivity index (χ4n) is 2.39. The van der Waals surface area contributed by atoms with E-state index in [9.17, 15) is 0 Å². The molecule has 0 radical (unpaired) electrons. The van der Waals surface area contributed by atoms with Crippen LogP contribution in [0.5, 0.6) is 0 Å². The van der Waals surface area contributed by atoms with Crippen molar-refractivity contribution in [2.24, 2.45) is 11.7 Å². The number of nitrogens with two attached hydrogens (primary N) is 1. The number of nitrogens with one attached hydrogen (secondary N) is 2. The Hall–Kier alpha value is -0.800. The minimum absolute atomic E-state index is 0.176. The number of aromatic amines is 1. The van der Waals surface area contributed by atoms with Gasteiger partial charge in [0.15, 0.2) is 0 Å². The molecule has 0 aromatic carbocycles. The molecule has 90 valence electrons. The van der Waals surface area contributed by atoms with Crippen LogP contribution in [-0.4, -0.2) is 24.1 Å². The predicted octanol–water partition coefficient (Wildman–Crippen LogP) is 1.62. The van der Waals surface area contributed by atoms with E-state index in [1.165, 1.54) is 18.5 Å². The van der Waals surface area contributed by atoms with Crippen LogP contribution in [0.2, 0.25) is 0 Å². The Bertz CT molecular complexity index is 310. The number of H-pyrrole nitrogens is 1. The second kappa shape index (κ2) is 4.60. The molecule has 1 saturated carbocycles. The molecular weight excluding hydrogens is 198 g/mol. The third kappa shape index (κ3) is 2.66. The molecule has 0 aliphatic heterocycles. The van der Waals surface area contributed by atoms with E-state index in [-0.39, 0.29) is 5.41 Å². The van der Waals surface area contributed by atoms with Gasteiger partial charge in [-0.3, -0.25) is 0 Å². The van der Waals surface area contributed by atoms with E-state index in [0.717, 1.165) is 19.0 Å². The van der Waals surface area contributed by atoms with Crippen molar-refractivity contribution in [3.05, 3.63) is 24.0 Å². The van der Waals surface area contributed by atoms with Crippen LogP contribution >= 0.6 is 0 Å². The lowest BCUT2D eigenvalue weighted by Crippen LogP contribution is -2.43. The van der Waals surface area contributed by atoms with E-state index in [4.69, 9.17) is 5.73 Å². The monoisotopic (exact) mass is 221 g/mol. The zero-order valence-corrected chi connectivity index (χ0v) is 10.3. The summed E-state index contributed by atoms with van der Waals surface area (Å²) in [7, 11) is 0. The number of aromatic nitrogens is 1. The van der Waals surface area contributed by atoms with Crippen LogP contribution in [0.25, 0.3) is 0 Å². The van der Waals surface area contributed by atoms with Crippen LogP contribution in [0.1, 0.15) is 32.4 Å². The molecule has 0 atom stereocenters. The van der Waals surface area contributed by atoms with Crippen molar-refractivity contribution in [3.8, 4) is 0 Å². The van der Waals surface area contributed by atoms with Crippen molar-refractivity contribution in [1.29, 1.82) is 0 Å². The smallest absolute Gasteiger partial charge is 0.0217 e. The lowest BCUT2D eigenvalue weighted by atomic mass is 9.80.